The molecule has 1 N–H and O–H groups in total. The van der Waals surface area contributed by atoms with Gasteiger partial charge in [0.1, 0.15) is 6.04 Å². The summed E-state index contributed by atoms with van der Waals surface area (Å²) in [7, 11) is 0. The van der Waals surface area contributed by atoms with Crippen LogP contribution >= 0.6 is 0 Å². The van der Waals surface area contributed by atoms with Crippen molar-refractivity contribution >= 4 is 5.91 Å². The van der Waals surface area contributed by atoms with Crippen LogP contribution in [-0.4, -0.2) is 16.0 Å². The van der Waals surface area contributed by atoms with E-state index in [-0.39, 0.29) is 28.6 Å². The van der Waals surface area contributed by atoms with Gasteiger partial charge in [-0.2, -0.15) is 18.2 Å². The van der Waals surface area contributed by atoms with E-state index in [1.807, 2.05) is 20.8 Å². The molecule has 0 aliphatic carbocycles. The second-order valence-corrected chi connectivity index (χ2v) is 7.06. The number of amides is 1. The van der Waals surface area contributed by atoms with E-state index in [4.69, 9.17) is 4.52 Å². The summed E-state index contributed by atoms with van der Waals surface area (Å²) in [6.07, 6.45) is -4.12. The minimum absolute atomic E-state index is 0.0398. The fourth-order valence-electron chi connectivity index (χ4n) is 2.20. The number of hydrogen-bond donors (Lipinski definition) is 1. The van der Waals surface area contributed by atoms with Crippen LogP contribution in [0.15, 0.2) is 28.8 Å². The zero-order valence-electron chi connectivity index (χ0n) is 14.4. The van der Waals surface area contributed by atoms with E-state index in [0.717, 1.165) is 12.1 Å². The molecule has 5 nitrogen and oxygen atoms in total. The third kappa shape index (κ3) is 5.30. The number of nitrogens with one attached hydrogen (secondary N) is 1. The van der Waals surface area contributed by atoms with Gasteiger partial charge in [0.15, 0.2) is 0 Å². The van der Waals surface area contributed by atoms with Crippen LogP contribution in [-0.2, 0) is 11.0 Å². The van der Waals surface area contributed by atoms with Crippen molar-refractivity contribution in [2.24, 2.45) is 5.41 Å². The first kappa shape index (κ1) is 19.0. The van der Waals surface area contributed by atoms with E-state index in [9.17, 15) is 18.0 Å². The smallest absolute Gasteiger partial charge is 0.345 e. The Morgan fingerprint density at radius 1 is 1.28 bits per heavy atom. The van der Waals surface area contributed by atoms with Gasteiger partial charge in [-0.05, 0) is 24.5 Å². The Labute approximate surface area is 143 Å². The van der Waals surface area contributed by atoms with E-state index in [1.165, 1.54) is 12.1 Å². The van der Waals surface area contributed by atoms with Crippen LogP contribution in [0.3, 0.4) is 0 Å². The molecule has 8 heteroatoms. The summed E-state index contributed by atoms with van der Waals surface area (Å²) in [5, 5.41) is 6.45. The average molecular weight is 355 g/mol. The molecule has 0 radical (unpaired) electrons. The number of carbonyl (C=O) groups excluding carboxylic acids is 1. The second kappa shape index (κ2) is 6.85. The molecule has 0 saturated carbocycles. The molecule has 1 aromatic carbocycles. The molecule has 2 aromatic rings. The molecule has 0 saturated heterocycles. The minimum Gasteiger partial charge on any atom is -0.345 e. The van der Waals surface area contributed by atoms with E-state index in [0.29, 0.717) is 6.42 Å². The molecule has 25 heavy (non-hydrogen) atoms. The lowest BCUT2D eigenvalue weighted by atomic mass is 9.92. The van der Waals surface area contributed by atoms with Crippen molar-refractivity contribution in [2.45, 2.75) is 46.3 Å². The SMILES string of the molecule is C[C@@H](NC(=O)CC(C)(C)C)c1nc(-c2cccc(C(F)(F)F)c2)no1. The number of halogens is 3. The van der Waals surface area contributed by atoms with Crippen LogP contribution in [0.1, 0.15) is 51.6 Å². The van der Waals surface area contributed by atoms with E-state index >= 15 is 0 Å². The maximum Gasteiger partial charge on any atom is 0.416 e. The highest BCUT2D eigenvalue weighted by Crippen LogP contribution is 2.31. The number of nitrogens with zero attached hydrogens (tertiary/aromatic N) is 2. The summed E-state index contributed by atoms with van der Waals surface area (Å²) in [5.41, 5.74) is -0.761. The van der Waals surface area contributed by atoms with Gasteiger partial charge in [0, 0.05) is 12.0 Å². The predicted molar refractivity (Wildman–Crippen MR) is 85.4 cm³/mol. The summed E-state index contributed by atoms with van der Waals surface area (Å²) >= 11 is 0. The highest BCUT2D eigenvalue weighted by atomic mass is 19.4. The van der Waals surface area contributed by atoms with Crippen LogP contribution in [0, 0.1) is 5.41 Å². The van der Waals surface area contributed by atoms with E-state index in [2.05, 4.69) is 15.5 Å². The molecule has 1 heterocycles. The molecule has 1 aromatic heterocycles. The number of hydrogen-bond acceptors (Lipinski definition) is 4. The van der Waals surface area contributed by atoms with Crippen LogP contribution in [0.5, 0.6) is 0 Å². The first-order chi connectivity index (χ1) is 11.5. The molecule has 0 spiro atoms. The highest BCUT2D eigenvalue weighted by molar-refractivity contribution is 5.76. The molecule has 1 amide bonds. The second-order valence-electron chi connectivity index (χ2n) is 7.06. The first-order valence-corrected chi connectivity index (χ1v) is 7.76. The lowest BCUT2D eigenvalue weighted by molar-refractivity contribution is -0.137. The van der Waals surface area contributed by atoms with Gasteiger partial charge in [-0.15, -0.1) is 0 Å². The Hall–Kier alpha value is -2.38. The van der Waals surface area contributed by atoms with Gasteiger partial charge in [-0.1, -0.05) is 38.1 Å². The van der Waals surface area contributed by atoms with Crippen LogP contribution in [0.2, 0.25) is 0 Å². The molecule has 0 aliphatic rings. The van der Waals surface area contributed by atoms with Gasteiger partial charge in [0.25, 0.3) is 0 Å². The predicted octanol–water partition coefficient (Wildman–Crippen LogP) is 4.37. The van der Waals surface area contributed by atoms with Crippen molar-refractivity contribution in [3.05, 3.63) is 35.7 Å². The Bertz CT molecular complexity index is 748. The molecule has 2 rings (SSSR count). The molecule has 0 aliphatic heterocycles. The highest BCUT2D eigenvalue weighted by Gasteiger charge is 2.31. The summed E-state index contributed by atoms with van der Waals surface area (Å²) < 4.78 is 43.4. The van der Waals surface area contributed by atoms with Gasteiger partial charge in [-0.25, -0.2) is 0 Å². The standard InChI is InChI=1S/C17H20F3N3O2/c1-10(21-13(24)9-16(2,3)4)15-22-14(23-25-15)11-6-5-7-12(8-11)17(18,19)20/h5-8,10H,9H2,1-4H3,(H,21,24)/t10-/m1/s1. The average Bonchev–Trinajstić information content (AvgIpc) is 2.94. The van der Waals surface area contributed by atoms with Gasteiger partial charge in [0.05, 0.1) is 5.56 Å². The first-order valence-electron chi connectivity index (χ1n) is 7.76. The van der Waals surface area contributed by atoms with Gasteiger partial charge < -0.3 is 9.84 Å². The van der Waals surface area contributed by atoms with Gasteiger partial charge in [0.2, 0.25) is 17.6 Å². The van der Waals surface area contributed by atoms with Crippen molar-refractivity contribution < 1.29 is 22.5 Å². The zero-order chi connectivity index (χ0) is 18.8. The fourth-order valence-corrected chi connectivity index (χ4v) is 2.20. The maximum atomic E-state index is 12.8. The summed E-state index contributed by atoms with van der Waals surface area (Å²) in [4.78, 5) is 16.0. The van der Waals surface area contributed by atoms with Gasteiger partial charge in [-0.3, -0.25) is 4.79 Å². The van der Waals surface area contributed by atoms with Crippen LogP contribution in [0.4, 0.5) is 13.2 Å². The molecular formula is C17H20F3N3O2. The number of aromatic nitrogens is 2. The van der Waals surface area contributed by atoms with Crippen molar-refractivity contribution in [1.82, 2.24) is 15.5 Å². The third-order valence-corrected chi connectivity index (χ3v) is 3.33. The summed E-state index contributed by atoms with van der Waals surface area (Å²) in [6.45, 7) is 7.49. The Morgan fingerprint density at radius 3 is 2.56 bits per heavy atom. The number of rotatable bonds is 4. The third-order valence-electron chi connectivity index (χ3n) is 3.33. The number of benzene rings is 1. The van der Waals surface area contributed by atoms with Crippen molar-refractivity contribution in [3.8, 4) is 11.4 Å². The lowest BCUT2D eigenvalue weighted by Gasteiger charge is -2.18. The Kier molecular flexibility index (Phi) is 5.20. The van der Waals surface area contributed by atoms with E-state index < -0.39 is 17.8 Å². The maximum absolute atomic E-state index is 12.8. The minimum atomic E-state index is -4.45. The topological polar surface area (TPSA) is 68.0 Å². The largest absolute Gasteiger partial charge is 0.416 e. The molecular weight excluding hydrogens is 335 g/mol. The van der Waals surface area contributed by atoms with Crippen LogP contribution in [0.25, 0.3) is 11.4 Å². The molecule has 0 fully saturated rings. The summed E-state index contributed by atoms with van der Waals surface area (Å²) in [6, 6.07) is 4.13. The van der Waals surface area contributed by atoms with E-state index in [1.54, 1.807) is 6.92 Å². The van der Waals surface area contributed by atoms with Gasteiger partial charge >= 0.3 is 6.18 Å². The van der Waals surface area contributed by atoms with Crippen molar-refractivity contribution in [2.75, 3.05) is 0 Å². The monoisotopic (exact) mass is 355 g/mol. The van der Waals surface area contributed by atoms with Crippen molar-refractivity contribution in [3.63, 3.8) is 0 Å². The summed E-state index contributed by atoms with van der Waals surface area (Å²) in [5.74, 6) is 0.00603. The fraction of sp³-hybridized carbons (Fsp3) is 0.471. The molecule has 0 unspecified atom stereocenters. The zero-order valence-corrected chi connectivity index (χ0v) is 14.4. The Morgan fingerprint density at radius 2 is 1.96 bits per heavy atom. The normalized spacial score (nSPS) is 13.6. The molecule has 0 bridgehead atoms. The molecule has 136 valence electrons. The molecule has 1 atom stereocenters. The number of alkyl halides is 3. The number of carbonyl (C=O) groups is 1. The van der Waals surface area contributed by atoms with Crippen LogP contribution < -0.4 is 5.32 Å². The Balaban J connectivity index is 2.13. The quantitative estimate of drug-likeness (QED) is 0.884. The lowest BCUT2D eigenvalue weighted by Crippen LogP contribution is -2.30. The van der Waals surface area contributed by atoms with Crippen molar-refractivity contribution in [1.29, 1.82) is 0 Å².